The lowest BCUT2D eigenvalue weighted by Gasteiger charge is -2.44. The molecule has 0 fully saturated rings. The summed E-state index contributed by atoms with van der Waals surface area (Å²) in [7, 11) is 0. The summed E-state index contributed by atoms with van der Waals surface area (Å²) in [5.74, 6) is -35.2. The van der Waals surface area contributed by atoms with E-state index in [-0.39, 0.29) is 0 Å². The summed E-state index contributed by atoms with van der Waals surface area (Å²) in [6, 6.07) is 0. The average Bonchev–Trinajstić information content (AvgIpc) is 2.41. The van der Waals surface area contributed by atoms with Gasteiger partial charge in [-0.05, 0) is 0 Å². The van der Waals surface area contributed by atoms with Crippen LogP contribution < -0.4 is 0 Å². The molecular weight excluding hydrogens is 440 g/mol. The van der Waals surface area contributed by atoms with Gasteiger partial charge in [0, 0.05) is 0 Å². The van der Waals surface area contributed by atoms with Gasteiger partial charge in [0.2, 0.25) is 0 Å². The zero-order valence-electron chi connectivity index (χ0n) is 12.1. The molecule has 0 heterocycles. The van der Waals surface area contributed by atoms with Crippen LogP contribution in [0.2, 0.25) is 0 Å². The van der Waals surface area contributed by atoms with Gasteiger partial charge in [0.15, 0.2) is 0 Å². The Morgan fingerprint density at radius 3 is 1.11 bits per heavy atom. The van der Waals surface area contributed by atoms with Crippen molar-refractivity contribution in [3.8, 4) is 0 Å². The maximum atomic E-state index is 13.5. The zero-order chi connectivity index (χ0) is 22.7. The summed E-state index contributed by atoms with van der Waals surface area (Å²) < 4.78 is 202. The van der Waals surface area contributed by atoms with Crippen molar-refractivity contribution < 1.29 is 75.4 Å². The van der Waals surface area contributed by atoms with Gasteiger partial charge in [0.25, 0.3) is 17.9 Å². The summed E-state index contributed by atoms with van der Waals surface area (Å²) in [6.45, 7) is -1.14. The van der Waals surface area contributed by atoms with Crippen molar-refractivity contribution in [1.82, 2.24) is 0 Å². The Balaban J connectivity index is 6.54. The van der Waals surface area contributed by atoms with Gasteiger partial charge in [-0.25, -0.2) is 17.6 Å². The van der Waals surface area contributed by atoms with Crippen molar-refractivity contribution in [2.75, 3.05) is 0 Å². The highest BCUT2D eigenvalue weighted by Crippen LogP contribution is 2.60. The first kappa shape index (κ1) is 25.8. The summed E-state index contributed by atoms with van der Waals surface area (Å²) >= 11 is 0. The normalized spacial score (nSPS) is 19.2. The Hall–Kier alpha value is -1.16. The summed E-state index contributed by atoms with van der Waals surface area (Å²) in [6.07, 6.45) is -20.4. The van der Waals surface area contributed by atoms with E-state index in [0.717, 1.165) is 0 Å². The third-order valence-electron chi connectivity index (χ3n) is 3.51. The molecule has 2 atom stereocenters. The standard InChI is InChI=1S/C10H6F16O/c1-2(5(13,14)4(27,3(11)12)9(21,22)23)6(15,16)7(17,18)8(19,20)10(24,25)26/h2-3,27H,1H3. The van der Waals surface area contributed by atoms with E-state index in [9.17, 15) is 70.2 Å². The molecule has 0 saturated heterocycles. The molecule has 17 heteroatoms. The molecular formula is C10H6F16O. The Morgan fingerprint density at radius 2 is 0.889 bits per heavy atom. The zero-order valence-corrected chi connectivity index (χ0v) is 12.1. The molecule has 0 aliphatic carbocycles. The topological polar surface area (TPSA) is 20.2 Å². The number of hydrogen-bond acceptors (Lipinski definition) is 1. The quantitative estimate of drug-likeness (QED) is 0.551. The lowest BCUT2D eigenvalue weighted by atomic mass is 9.79. The molecule has 0 aliphatic heterocycles. The van der Waals surface area contributed by atoms with E-state index in [1.54, 1.807) is 0 Å². The molecule has 0 radical (unpaired) electrons. The van der Waals surface area contributed by atoms with Crippen molar-refractivity contribution in [2.24, 2.45) is 5.92 Å². The summed E-state index contributed by atoms with van der Waals surface area (Å²) in [5, 5.41) is 8.50. The van der Waals surface area contributed by atoms with E-state index in [1.807, 2.05) is 0 Å². The van der Waals surface area contributed by atoms with Crippen molar-refractivity contribution in [2.45, 2.75) is 55.0 Å². The van der Waals surface area contributed by atoms with Crippen LogP contribution in [0.4, 0.5) is 70.2 Å². The fourth-order valence-corrected chi connectivity index (χ4v) is 1.68. The van der Waals surface area contributed by atoms with Gasteiger partial charge in [-0.3, -0.25) is 0 Å². The molecule has 27 heavy (non-hydrogen) atoms. The summed E-state index contributed by atoms with van der Waals surface area (Å²) in [4.78, 5) is 0. The second kappa shape index (κ2) is 6.43. The minimum absolute atomic E-state index is 1.14. The van der Waals surface area contributed by atoms with E-state index >= 15 is 0 Å². The SMILES string of the molecule is CC(C(F)(F)C(F)(F)C(F)(F)C(F)(F)F)C(F)(F)C(O)(C(F)F)C(F)(F)F. The van der Waals surface area contributed by atoms with Gasteiger partial charge in [0.1, 0.15) is 0 Å². The maximum Gasteiger partial charge on any atom is 0.460 e. The second-order valence-corrected chi connectivity index (χ2v) is 5.18. The van der Waals surface area contributed by atoms with E-state index in [1.165, 1.54) is 0 Å². The smallest absolute Gasteiger partial charge is 0.372 e. The Bertz CT molecular complexity index is 530. The van der Waals surface area contributed by atoms with Gasteiger partial charge in [0.05, 0.1) is 5.92 Å². The number of halogens is 16. The van der Waals surface area contributed by atoms with Crippen LogP contribution in [0, 0.1) is 5.92 Å². The second-order valence-electron chi connectivity index (χ2n) is 5.18. The highest BCUT2D eigenvalue weighted by Gasteiger charge is 2.87. The van der Waals surface area contributed by atoms with Crippen LogP contribution in [0.15, 0.2) is 0 Å². The fourth-order valence-electron chi connectivity index (χ4n) is 1.68. The van der Waals surface area contributed by atoms with Gasteiger partial charge in [-0.2, -0.15) is 52.7 Å². The van der Waals surface area contributed by atoms with E-state index in [0.29, 0.717) is 0 Å². The Kier molecular flexibility index (Phi) is 6.16. The van der Waals surface area contributed by atoms with Crippen molar-refractivity contribution >= 4 is 0 Å². The molecule has 164 valence electrons. The molecule has 0 aliphatic rings. The number of rotatable bonds is 6. The van der Waals surface area contributed by atoms with Crippen molar-refractivity contribution in [3.05, 3.63) is 0 Å². The van der Waals surface area contributed by atoms with Crippen LogP contribution in [0.5, 0.6) is 0 Å². The lowest BCUT2D eigenvalue weighted by Crippen LogP contribution is -2.71. The van der Waals surface area contributed by atoms with Crippen LogP contribution in [0.1, 0.15) is 6.92 Å². The van der Waals surface area contributed by atoms with E-state index in [2.05, 4.69) is 0 Å². The summed E-state index contributed by atoms with van der Waals surface area (Å²) in [5.41, 5.74) is -6.77. The maximum absolute atomic E-state index is 13.5. The highest BCUT2D eigenvalue weighted by atomic mass is 19.4. The first-order chi connectivity index (χ1) is 11.3. The van der Waals surface area contributed by atoms with E-state index in [4.69, 9.17) is 5.11 Å². The van der Waals surface area contributed by atoms with Crippen molar-refractivity contribution in [1.29, 1.82) is 0 Å². The molecule has 0 aromatic heterocycles. The van der Waals surface area contributed by atoms with Crippen LogP contribution in [-0.4, -0.2) is 53.2 Å². The molecule has 0 amide bonds. The largest absolute Gasteiger partial charge is 0.460 e. The van der Waals surface area contributed by atoms with E-state index < -0.39 is 60.9 Å². The third-order valence-corrected chi connectivity index (χ3v) is 3.51. The predicted molar refractivity (Wildman–Crippen MR) is 52.0 cm³/mol. The number of aliphatic hydroxyl groups is 1. The van der Waals surface area contributed by atoms with Crippen LogP contribution in [-0.2, 0) is 0 Å². The number of hydrogen-bond donors (Lipinski definition) is 1. The first-order valence-electron chi connectivity index (χ1n) is 6.00. The Morgan fingerprint density at radius 1 is 0.556 bits per heavy atom. The fraction of sp³-hybridized carbons (Fsp3) is 1.00. The molecule has 0 aromatic carbocycles. The Labute approximate surface area is 137 Å². The van der Waals surface area contributed by atoms with Crippen LogP contribution in [0.3, 0.4) is 0 Å². The van der Waals surface area contributed by atoms with Gasteiger partial charge in [-0.15, -0.1) is 0 Å². The molecule has 1 N–H and O–H groups in total. The molecule has 2 unspecified atom stereocenters. The minimum Gasteiger partial charge on any atom is -0.372 e. The monoisotopic (exact) mass is 446 g/mol. The molecule has 0 saturated carbocycles. The van der Waals surface area contributed by atoms with Crippen LogP contribution >= 0.6 is 0 Å². The molecule has 0 aromatic rings. The number of alkyl halides is 16. The lowest BCUT2D eigenvalue weighted by molar-refractivity contribution is -0.428. The molecule has 0 bridgehead atoms. The first-order valence-corrected chi connectivity index (χ1v) is 6.00. The minimum atomic E-state index is -7.81. The average molecular weight is 446 g/mol. The highest BCUT2D eigenvalue weighted by molar-refractivity contribution is 5.11. The predicted octanol–water partition coefficient (Wildman–Crippen LogP) is 5.28. The van der Waals surface area contributed by atoms with Crippen LogP contribution in [0.25, 0.3) is 0 Å². The molecule has 1 nitrogen and oxygen atoms in total. The van der Waals surface area contributed by atoms with Gasteiger partial charge < -0.3 is 5.11 Å². The van der Waals surface area contributed by atoms with Gasteiger partial charge >= 0.3 is 30.1 Å². The molecule has 0 rings (SSSR count). The molecule has 0 spiro atoms. The third kappa shape index (κ3) is 3.39. The van der Waals surface area contributed by atoms with Gasteiger partial charge in [-0.1, -0.05) is 6.92 Å². The van der Waals surface area contributed by atoms with Crippen molar-refractivity contribution in [3.63, 3.8) is 0 Å².